The maximum absolute atomic E-state index is 6.40. The van der Waals surface area contributed by atoms with Crippen LogP contribution in [0.15, 0.2) is 24.3 Å². The molecule has 5 heteroatoms. The zero-order valence-corrected chi connectivity index (χ0v) is 12.7. The van der Waals surface area contributed by atoms with Gasteiger partial charge in [0, 0.05) is 34.9 Å². The van der Waals surface area contributed by atoms with Gasteiger partial charge in [0.15, 0.2) is 0 Å². The van der Waals surface area contributed by atoms with Crippen molar-refractivity contribution in [3.63, 3.8) is 0 Å². The second kappa shape index (κ2) is 5.77. The number of hydrogen-bond donors (Lipinski definition) is 2. The molecule has 108 valence electrons. The lowest BCUT2D eigenvalue weighted by Crippen LogP contribution is -2.45. The van der Waals surface area contributed by atoms with E-state index < -0.39 is 0 Å². The highest BCUT2D eigenvalue weighted by Gasteiger charge is 2.34. The summed E-state index contributed by atoms with van der Waals surface area (Å²) in [7, 11) is 1.73. The highest BCUT2D eigenvalue weighted by Crippen LogP contribution is 2.36. The van der Waals surface area contributed by atoms with E-state index in [0.29, 0.717) is 0 Å². The first-order chi connectivity index (χ1) is 9.76. The number of H-pyrrole nitrogens is 1. The van der Waals surface area contributed by atoms with E-state index in [1.54, 1.807) is 18.9 Å². The lowest BCUT2D eigenvalue weighted by Gasteiger charge is -2.36. The van der Waals surface area contributed by atoms with Gasteiger partial charge < -0.3 is 15.6 Å². The van der Waals surface area contributed by atoms with Gasteiger partial charge in [0.2, 0.25) is 0 Å². The molecule has 0 unspecified atom stereocenters. The van der Waals surface area contributed by atoms with Gasteiger partial charge >= 0.3 is 0 Å². The predicted molar refractivity (Wildman–Crippen MR) is 84.8 cm³/mol. The van der Waals surface area contributed by atoms with Crippen LogP contribution >= 0.6 is 11.8 Å². The number of fused-ring (bicyclic) bond motifs is 3. The molecule has 3 rings (SSSR count). The molecule has 0 radical (unpaired) electrons. The molecule has 2 atom stereocenters. The van der Waals surface area contributed by atoms with Crippen LogP contribution in [-0.2, 0) is 11.3 Å². The van der Waals surface area contributed by atoms with Crippen molar-refractivity contribution in [3.8, 4) is 0 Å². The maximum Gasteiger partial charge on any atom is 0.0913 e. The van der Waals surface area contributed by atoms with Crippen LogP contribution in [0, 0.1) is 0 Å². The average molecular weight is 291 g/mol. The standard InChI is InChI=1S/C15H21N3OS/c1-19-18-8-7-11-10-5-3-4-6-13(10)17-14(11)15(18)12(16)9-20-2/h3-6,12,15,17H,7-9,16H2,1-2H3/t12-,15+/m1/s1. The Morgan fingerprint density at radius 1 is 1.50 bits per heavy atom. The average Bonchev–Trinajstić information content (AvgIpc) is 2.84. The van der Waals surface area contributed by atoms with E-state index in [1.807, 2.05) is 5.06 Å². The van der Waals surface area contributed by atoms with E-state index in [4.69, 9.17) is 10.6 Å². The summed E-state index contributed by atoms with van der Waals surface area (Å²) in [6.45, 7) is 0.887. The van der Waals surface area contributed by atoms with E-state index >= 15 is 0 Å². The van der Waals surface area contributed by atoms with Crippen LogP contribution in [0.2, 0.25) is 0 Å². The summed E-state index contributed by atoms with van der Waals surface area (Å²) < 4.78 is 0. The molecule has 0 fully saturated rings. The van der Waals surface area contributed by atoms with Crippen molar-refractivity contribution in [1.82, 2.24) is 10.0 Å². The van der Waals surface area contributed by atoms with Crippen LogP contribution in [0.3, 0.4) is 0 Å². The number of aromatic amines is 1. The largest absolute Gasteiger partial charge is 0.357 e. The number of para-hydroxylation sites is 1. The van der Waals surface area contributed by atoms with Crippen LogP contribution in [0.5, 0.6) is 0 Å². The van der Waals surface area contributed by atoms with E-state index in [0.717, 1.165) is 18.7 Å². The van der Waals surface area contributed by atoms with Crippen LogP contribution in [-0.4, -0.2) is 41.8 Å². The Morgan fingerprint density at radius 3 is 3.05 bits per heavy atom. The SMILES string of the molecule is CON1CCc2c([nH]c3ccccc23)[C@@H]1[C@H](N)CSC. The third-order valence-corrected chi connectivity index (χ3v) is 4.75. The molecule has 4 nitrogen and oxygen atoms in total. The number of thioether (sulfide) groups is 1. The van der Waals surface area contributed by atoms with Crippen LogP contribution < -0.4 is 5.73 Å². The molecule has 1 aliphatic rings. The first-order valence-electron chi connectivity index (χ1n) is 6.91. The number of nitrogens with zero attached hydrogens (tertiary/aromatic N) is 1. The number of hydroxylamine groups is 2. The molecule has 3 N–H and O–H groups in total. The lowest BCUT2D eigenvalue weighted by molar-refractivity contribution is -0.172. The van der Waals surface area contributed by atoms with Crippen molar-refractivity contribution in [2.45, 2.75) is 18.5 Å². The summed E-state index contributed by atoms with van der Waals surface area (Å²) in [5.41, 5.74) is 10.2. The lowest BCUT2D eigenvalue weighted by atomic mass is 9.95. The Morgan fingerprint density at radius 2 is 2.30 bits per heavy atom. The van der Waals surface area contributed by atoms with E-state index in [9.17, 15) is 0 Å². The molecule has 0 saturated carbocycles. The number of benzene rings is 1. The van der Waals surface area contributed by atoms with Gasteiger partial charge in [-0.3, -0.25) is 0 Å². The van der Waals surface area contributed by atoms with Crippen molar-refractivity contribution in [1.29, 1.82) is 0 Å². The van der Waals surface area contributed by atoms with Gasteiger partial charge in [0.05, 0.1) is 13.2 Å². The Labute approximate surface area is 123 Å². The molecular weight excluding hydrogens is 270 g/mol. The van der Waals surface area contributed by atoms with E-state index in [2.05, 4.69) is 35.5 Å². The summed E-state index contributed by atoms with van der Waals surface area (Å²) >= 11 is 1.78. The second-order valence-electron chi connectivity index (χ2n) is 5.20. The summed E-state index contributed by atoms with van der Waals surface area (Å²) in [4.78, 5) is 9.11. The third-order valence-electron chi connectivity index (χ3n) is 4.03. The number of aromatic nitrogens is 1. The second-order valence-corrected chi connectivity index (χ2v) is 6.11. The molecule has 0 saturated heterocycles. The zero-order chi connectivity index (χ0) is 14.1. The Hall–Kier alpha value is -1.01. The van der Waals surface area contributed by atoms with Crippen molar-refractivity contribution in [3.05, 3.63) is 35.5 Å². The van der Waals surface area contributed by atoms with Crippen molar-refractivity contribution in [2.24, 2.45) is 5.73 Å². The fourth-order valence-corrected chi connectivity index (χ4v) is 3.73. The highest BCUT2D eigenvalue weighted by atomic mass is 32.2. The highest BCUT2D eigenvalue weighted by molar-refractivity contribution is 7.98. The quantitative estimate of drug-likeness (QED) is 0.908. The Balaban J connectivity index is 2.08. The molecule has 0 amide bonds. The topological polar surface area (TPSA) is 54.3 Å². The first kappa shape index (κ1) is 13.9. The smallest absolute Gasteiger partial charge is 0.0913 e. The molecule has 20 heavy (non-hydrogen) atoms. The third kappa shape index (κ3) is 2.24. The van der Waals surface area contributed by atoms with Crippen LogP contribution in [0.1, 0.15) is 17.3 Å². The number of rotatable bonds is 4. The molecule has 0 bridgehead atoms. The van der Waals surface area contributed by atoms with Crippen molar-refractivity contribution >= 4 is 22.7 Å². The number of nitrogens with two attached hydrogens (primary N) is 1. The van der Waals surface area contributed by atoms with Crippen LogP contribution in [0.25, 0.3) is 10.9 Å². The van der Waals surface area contributed by atoms with E-state index in [1.165, 1.54) is 22.2 Å². The summed E-state index contributed by atoms with van der Waals surface area (Å²) in [5.74, 6) is 0.916. The van der Waals surface area contributed by atoms with Gasteiger partial charge in [-0.2, -0.15) is 16.8 Å². The van der Waals surface area contributed by atoms with Gasteiger partial charge in [-0.1, -0.05) is 18.2 Å². The van der Waals surface area contributed by atoms with Gasteiger partial charge in [-0.15, -0.1) is 0 Å². The van der Waals surface area contributed by atoms with E-state index in [-0.39, 0.29) is 12.1 Å². The van der Waals surface area contributed by atoms with Gasteiger partial charge in [-0.05, 0) is 24.3 Å². The monoisotopic (exact) mass is 291 g/mol. The Bertz CT molecular complexity index is 598. The Kier molecular flexibility index (Phi) is 4.03. The molecule has 0 aliphatic carbocycles. The molecule has 2 heterocycles. The van der Waals surface area contributed by atoms with Crippen molar-refractivity contribution < 1.29 is 4.84 Å². The van der Waals surface area contributed by atoms with Crippen molar-refractivity contribution in [2.75, 3.05) is 25.7 Å². The van der Waals surface area contributed by atoms with Gasteiger partial charge in [0.1, 0.15) is 0 Å². The number of hydrogen-bond acceptors (Lipinski definition) is 4. The fraction of sp³-hybridized carbons (Fsp3) is 0.467. The fourth-order valence-electron chi connectivity index (χ4n) is 3.16. The normalized spacial score (nSPS) is 21.1. The molecule has 1 aromatic heterocycles. The van der Waals surface area contributed by atoms with Gasteiger partial charge in [0.25, 0.3) is 0 Å². The minimum absolute atomic E-state index is 0.0528. The first-order valence-corrected chi connectivity index (χ1v) is 8.30. The zero-order valence-electron chi connectivity index (χ0n) is 11.9. The van der Waals surface area contributed by atoms with Crippen LogP contribution in [0.4, 0.5) is 0 Å². The summed E-state index contributed by atoms with van der Waals surface area (Å²) in [6, 6.07) is 8.62. The molecule has 1 aromatic carbocycles. The minimum atomic E-state index is 0.0528. The molecular formula is C15H21N3OS. The molecule has 2 aromatic rings. The number of nitrogens with one attached hydrogen (secondary N) is 1. The minimum Gasteiger partial charge on any atom is -0.357 e. The summed E-state index contributed by atoms with van der Waals surface area (Å²) in [5, 5.41) is 3.33. The van der Waals surface area contributed by atoms with Gasteiger partial charge in [-0.25, -0.2) is 0 Å². The summed E-state index contributed by atoms with van der Waals surface area (Å²) in [6.07, 6.45) is 3.08. The predicted octanol–water partition coefficient (Wildman–Crippen LogP) is 2.32. The maximum atomic E-state index is 6.40. The molecule has 0 spiro atoms. The molecule has 1 aliphatic heterocycles.